The molecular weight excluding hydrogens is 410 g/mol. The smallest absolute Gasteiger partial charge is 0.236 e. The molecule has 0 radical (unpaired) electrons. The number of amides is 1. The second kappa shape index (κ2) is 8.41. The average molecular weight is 427 g/mol. The van der Waals surface area contributed by atoms with E-state index in [-0.39, 0.29) is 11.7 Å². The molecule has 0 atom stereocenters. The van der Waals surface area contributed by atoms with Crippen molar-refractivity contribution in [3.05, 3.63) is 85.1 Å². The number of para-hydroxylation sites is 1. The van der Waals surface area contributed by atoms with Crippen molar-refractivity contribution in [2.24, 2.45) is 0 Å². The van der Waals surface area contributed by atoms with Gasteiger partial charge in [0, 0.05) is 11.8 Å². The number of thioether (sulfide) groups is 1. The molecule has 0 saturated heterocycles. The molecule has 0 unspecified atom stereocenters. The predicted octanol–water partition coefficient (Wildman–Crippen LogP) is 3.71. The van der Waals surface area contributed by atoms with E-state index in [1.165, 1.54) is 11.8 Å². The predicted molar refractivity (Wildman–Crippen MR) is 119 cm³/mol. The topological polar surface area (TPSA) is 90.0 Å². The Balaban J connectivity index is 1.38. The van der Waals surface area contributed by atoms with Crippen molar-refractivity contribution < 1.29 is 4.79 Å². The zero-order chi connectivity index (χ0) is 21.0. The Morgan fingerprint density at radius 3 is 2.48 bits per heavy atom. The normalized spacial score (nSPS) is 11.0. The van der Waals surface area contributed by atoms with Crippen LogP contribution in [0, 0.1) is 0 Å². The lowest BCUT2D eigenvalue weighted by Crippen LogP contribution is -2.16. The van der Waals surface area contributed by atoms with Crippen LogP contribution in [0.15, 0.2) is 90.2 Å². The first-order valence-electron chi connectivity index (χ1n) is 9.58. The van der Waals surface area contributed by atoms with Gasteiger partial charge in [-0.2, -0.15) is 4.68 Å². The summed E-state index contributed by atoms with van der Waals surface area (Å²) in [6, 6.07) is 25.1. The summed E-state index contributed by atoms with van der Waals surface area (Å²) in [5.41, 5.74) is 3.25. The summed E-state index contributed by atoms with van der Waals surface area (Å²) in [5, 5.41) is 15.4. The van der Waals surface area contributed by atoms with Crippen LogP contribution in [-0.4, -0.2) is 41.3 Å². The zero-order valence-corrected chi connectivity index (χ0v) is 17.1. The molecule has 2 aromatic carbocycles. The molecule has 5 rings (SSSR count). The van der Waals surface area contributed by atoms with Gasteiger partial charge in [0.05, 0.1) is 11.4 Å². The SMILES string of the molecule is O=C(CSc1nnnn1-c1ccccc1)Nc1c(-c2ccccc2)nc2ccccn12. The van der Waals surface area contributed by atoms with Crippen LogP contribution >= 0.6 is 11.8 Å². The summed E-state index contributed by atoms with van der Waals surface area (Å²) < 4.78 is 3.49. The van der Waals surface area contributed by atoms with Crippen LogP contribution in [0.1, 0.15) is 0 Å². The number of carbonyl (C=O) groups is 1. The Morgan fingerprint density at radius 1 is 0.935 bits per heavy atom. The van der Waals surface area contributed by atoms with Crippen LogP contribution in [0.2, 0.25) is 0 Å². The minimum absolute atomic E-state index is 0.154. The minimum Gasteiger partial charge on any atom is -0.309 e. The number of nitrogens with zero attached hydrogens (tertiary/aromatic N) is 6. The van der Waals surface area contributed by atoms with Gasteiger partial charge in [0.1, 0.15) is 17.2 Å². The van der Waals surface area contributed by atoms with Crippen LogP contribution in [-0.2, 0) is 4.79 Å². The number of benzene rings is 2. The minimum atomic E-state index is -0.171. The van der Waals surface area contributed by atoms with Gasteiger partial charge in [0.2, 0.25) is 11.1 Å². The van der Waals surface area contributed by atoms with E-state index in [1.807, 2.05) is 89.5 Å². The van der Waals surface area contributed by atoms with Gasteiger partial charge in [0.15, 0.2) is 0 Å². The number of tetrazole rings is 1. The number of aromatic nitrogens is 6. The van der Waals surface area contributed by atoms with Crippen LogP contribution in [0.4, 0.5) is 5.82 Å². The van der Waals surface area contributed by atoms with Gasteiger partial charge >= 0.3 is 0 Å². The van der Waals surface area contributed by atoms with Crippen LogP contribution in [0.25, 0.3) is 22.6 Å². The van der Waals surface area contributed by atoms with E-state index in [1.54, 1.807) is 4.68 Å². The average Bonchev–Trinajstić information content (AvgIpc) is 3.44. The third kappa shape index (κ3) is 3.90. The third-order valence-electron chi connectivity index (χ3n) is 4.61. The molecule has 0 aliphatic rings. The molecule has 31 heavy (non-hydrogen) atoms. The number of hydrogen-bond donors (Lipinski definition) is 1. The fraction of sp³-hybridized carbons (Fsp3) is 0.0455. The van der Waals surface area contributed by atoms with Crippen LogP contribution in [0.5, 0.6) is 0 Å². The number of hydrogen-bond acceptors (Lipinski definition) is 6. The lowest BCUT2D eigenvalue weighted by molar-refractivity contribution is -0.113. The molecule has 0 bridgehead atoms. The van der Waals surface area contributed by atoms with Crippen molar-refractivity contribution >= 4 is 29.1 Å². The van der Waals surface area contributed by atoms with Crippen molar-refractivity contribution in [3.8, 4) is 16.9 Å². The molecule has 3 aromatic heterocycles. The standard InChI is InChI=1S/C22H17N7OS/c30-19(15-31-22-25-26-27-29(22)17-11-5-2-6-12-17)24-21-20(16-9-3-1-4-10-16)23-18-13-7-8-14-28(18)21/h1-14H,15H2,(H,24,30). The number of anilines is 1. The first-order chi connectivity index (χ1) is 15.3. The van der Waals surface area contributed by atoms with Crippen molar-refractivity contribution in [2.45, 2.75) is 5.16 Å². The van der Waals surface area contributed by atoms with E-state index in [0.717, 1.165) is 22.6 Å². The molecule has 0 fully saturated rings. The lowest BCUT2D eigenvalue weighted by Gasteiger charge is -2.08. The Morgan fingerprint density at radius 2 is 1.68 bits per heavy atom. The number of fused-ring (bicyclic) bond motifs is 1. The van der Waals surface area contributed by atoms with E-state index >= 15 is 0 Å². The molecule has 0 aliphatic heterocycles. The molecule has 3 heterocycles. The Bertz CT molecular complexity index is 1330. The lowest BCUT2D eigenvalue weighted by atomic mass is 10.1. The molecule has 0 saturated carbocycles. The molecule has 1 N–H and O–H groups in total. The van der Waals surface area contributed by atoms with Gasteiger partial charge in [0.25, 0.3) is 0 Å². The molecule has 152 valence electrons. The van der Waals surface area contributed by atoms with Crippen molar-refractivity contribution in [3.63, 3.8) is 0 Å². The quantitative estimate of drug-likeness (QED) is 0.416. The summed E-state index contributed by atoms with van der Waals surface area (Å²) >= 11 is 1.27. The second-order valence-corrected chi connectivity index (χ2v) is 7.59. The molecule has 5 aromatic rings. The first-order valence-corrected chi connectivity index (χ1v) is 10.6. The third-order valence-corrected chi connectivity index (χ3v) is 5.53. The second-order valence-electron chi connectivity index (χ2n) is 6.65. The molecular formula is C22H17N7OS. The highest BCUT2D eigenvalue weighted by molar-refractivity contribution is 7.99. The summed E-state index contributed by atoms with van der Waals surface area (Å²) in [4.78, 5) is 17.5. The van der Waals surface area contributed by atoms with Crippen molar-refractivity contribution in [2.75, 3.05) is 11.1 Å². The molecule has 8 nitrogen and oxygen atoms in total. The largest absolute Gasteiger partial charge is 0.309 e. The Hall–Kier alpha value is -3.98. The number of carbonyl (C=O) groups excluding carboxylic acids is 1. The maximum absolute atomic E-state index is 12.8. The van der Waals surface area contributed by atoms with E-state index < -0.39 is 0 Å². The van der Waals surface area contributed by atoms with Gasteiger partial charge in [-0.1, -0.05) is 66.4 Å². The highest BCUT2D eigenvalue weighted by atomic mass is 32.2. The summed E-state index contributed by atoms with van der Waals surface area (Å²) in [5.74, 6) is 0.618. The summed E-state index contributed by atoms with van der Waals surface area (Å²) in [7, 11) is 0. The van der Waals surface area contributed by atoms with Crippen LogP contribution < -0.4 is 5.32 Å². The van der Waals surface area contributed by atoms with Gasteiger partial charge in [-0.3, -0.25) is 9.20 Å². The molecule has 0 spiro atoms. The number of pyridine rings is 1. The maximum atomic E-state index is 12.8. The number of nitrogens with one attached hydrogen (secondary N) is 1. The Kier molecular flexibility index (Phi) is 5.16. The van der Waals surface area contributed by atoms with Gasteiger partial charge in [-0.15, -0.1) is 5.10 Å². The van der Waals surface area contributed by atoms with Gasteiger partial charge in [-0.05, 0) is 34.7 Å². The first kappa shape index (κ1) is 19.0. The molecule has 9 heteroatoms. The highest BCUT2D eigenvalue weighted by Crippen LogP contribution is 2.29. The van der Waals surface area contributed by atoms with E-state index in [0.29, 0.717) is 11.0 Å². The maximum Gasteiger partial charge on any atom is 0.236 e. The Labute approximate surface area is 181 Å². The molecule has 0 aliphatic carbocycles. The number of imidazole rings is 1. The van der Waals surface area contributed by atoms with Gasteiger partial charge < -0.3 is 5.32 Å². The van der Waals surface area contributed by atoms with Gasteiger partial charge in [-0.25, -0.2) is 4.98 Å². The van der Waals surface area contributed by atoms with E-state index in [9.17, 15) is 4.79 Å². The fourth-order valence-corrected chi connectivity index (χ4v) is 3.90. The van der Waals surface area contributed by atoms with E-state index in [2.05, 4.69) is 20.8 Å². The fourth-order valence-electron chi connectivity index (χ4n) is 3.21. The highest BCUT2D eigenvalue weighted by Gasteiger charge is 2.17. The number of rotatable bonds is 6. The molecule has 1 amide bonds. The summed E-state index contributed by atoms with van der Waals surface area (Å²) in [6.45, 7) is 0. The van der Waals surface area contributed by atoms with E-state index in [4.69, 9.17) is 4.98 Å². The van der Waals surface area contributed by atoms with Crippen LogP contribution in [0.3, 0.4) is 0 Å². The van der Waals surface area contributed by atoms with Crippen molar-refractivity contribution in [1.82, 2.24) is 29.6 Å². The summed E-state index contributed by atoms with van der Waals surface area (Å²) in [6.07, 6.45) is 1.88. The zero-order valence-electron chi connectivity index (χ0n) is 16.3. The van der Waals surface area contributed by atoms with Crippen molar-refractivity contribution in [1.29, 1.82) is 0 Å². The monoisotopic (exact) mass is 427 g/mol.